The fraction of sp³-hybridized carbons (Fsp3) is 0.667. The number of carbonyl (C=O) groups excluding carboxylic acids is 1. The Labute approximate surface area is 102 Å². The number of aryl methyl sites for hydroxylation is 1. The van der Waals surface area contributed by atoms with Gasteiger partial charge in [-0.05, 0) is 34.6 Å². The van der Waals surface area contributed by atoms with Crippen molar-refractivity contribution in [2.45, 2.75) is 52.7 Å². The zero-order valence-corrected chi connectivity index (χ0v) is 11.2. The largest absolute Gasteiger partial charge is 0.350 e. The highest BCUT2D eigenvalue weighted by Crippen LogP contribution is 2.02. The maximum atomic E-state index is 11.8. The van der Waals surface area contributed by atoms with Crippen LogP contribution in [0.5, 0.6) is 0 Å². The average Bonchev–Trinajstić information content (AvgIpc) is 2.57. The van der Waals surface area contributed by atoms with Gasteiger partial charge in [-0.15, -0.1) is 0 Å². The minimum Gasteiger partial charge on any atom is -0.350 e. The van der Waals surface area contributed by atoms with Gasteiger partial charge in [0, 0.05) is 17.8 Å². The molecule has 0 spiro atoms. The number of rotatable bonds is 4. The summed E-state index contributed by atoms with van der Waals surface area (Å²) in [4.78, 5) is 19.0. The summed E-state index contributed by atoms with van der Waals surface area (Å²) in [5.74, 6) is 0.00527. The zero-order chi connectivity index (χ0) is 13.1. The topological polar surface area (TPSA) is 69.8 Å². The predicted octanol–water partition coefficient (Wildman–Crippen LogP) is 1.11. The lowest BCUT2D eigenvalue weighted by molar-refractivity contribution is -0.124. The van der Waals surface area contributed by atoms with Gasteiger partial charge in [-0.3, -0.25) is 4.79 Å². The van der Waals surface area contributed by atoms with Crippen molar-refractivity contribution in [2.24, 2.45) is 0 Å². The van der Waals surface area contributed by atoms with Crippen LogP contribution in [0.4, 0.5) is 0 Å². The standard InChI is InChI=1S/C12H22N4O/c1-8-10(15-7-14-8)6-13-9(2)11(17)16-12(3,4)5/h7,9,13H,6H2,1-5H3,(H,14,15)(H,16,17). The first-order chi connectivity index (χ1) is 7.79. The Morgan fingerprint density at radius 1 is 1.53 bits per heavy atom. The molecule has 0 bridgehead atoms. The highest BCUT2D eigenvalue weighted by atomic mass is 16.2. The number of amides is 1. The molecule has 5 heteroatoms. The van der Waals surface area contributed by atoms with Gasteiger partial charge in [0.1, 0.15) is 0 Å². The van der Waals surface area contributed by atoms with Crippen molar-refractivity contribution in [1.29, 1.82) is 0 Å². The quantitative estimate of drug-likeness (QED) is 0.736. The van der Waals surface area contributed by atoms with E-state index in [9.17, 15) is 4.79 Å². The first-order valence-electron chi connectivity index (χ1n) is 5.84. The van der Waals surface area contributed by atoms with Crippen LogP contribution < -0.4 is 10.6 Å². The fourth-order valence-electron chi connectivity index (χ4n) is 1.39. The second-order valence-corrected chi connectivity index (χ2v) is 5.32. The molecular weight excluding hydrogens is 216 g/mol. The number of hydrogen-bond donors (Lipinski definition) is 3. The number of aromatic nitrogens is 2. The van der Waals surface area contributed by atoms with Crippen LogP contribution in [0.15, 0.2) is 6.33 Å². The van der Waals surface area contributed by atoms with Crippen molar-refractivity contribution in [3.8, 4) is 0 Å². The Morgan fingerprint density at radius 2 is 2.18 bits per heavy atom. The highest BCUT2D eigenvalue weighted by Gasteiger charge is 2.18. The Morgan fingerprint density at radius 3 is 2.65 bits per heavy atom. The van der Waals surface area contributed by atoms with E-state index in [1.807, 2.05) is 34.6 Å². The van der Waals surface area contributed by atoms with Crippen LogP contribution in [0, 0.1) is 6.92 Å². The van der Waals surface area contributed by atoms with E-state index in [2.05, 4.69) is 20.6 Å². The van der Waals surface area contributed by atoms with E-state index in [1.54, 1.807) is 6.33 Å². The van der Waals surface area contributed by atoms with Crippen LogP contribution in [-0.2, 0) is 11.3 Å². The first kappa shape index (κ1) is 13.7. The number of nitrogens with zero attached hydrogens (tertiary/aromatic N) is 1. The van der Waals surface area contributed by atoms with E-state index in [-0.39, 0.29) is 17.5 Å². The summed E-state index contributed by atoms with van der Waals surface area (Å²) >= 11 is 0. The third kappa shape index (κ3) is 4.56. The Hall–Kier alpha value is -1.36. The molecule has 1 atom stereocenters. The molecule has 1 amide bonds. The molecule has 3 N–H and O–H groups in total. The zero-order valence-electron chi connectivity index (χ0n) is 11.2. The number of imidazole rings is 1. The Bertz CT molecular complexity index is 378. The summed E-state index contributed by atoms with van der Waals surface area (Å²) in [7, 11) is 0. The van der Waals surface area contributed by atoms with Gasteiger partial charge in [0.2, 0.25) is 5.91 Å². The van der Waals surface area contributed by atoms with Gasteiger partial charge < -0.3 is 15.6 Å². The number of aromatic amines is 1. The molecule has 0 saturated carbocycles. The summed E-state index contributed by atoms with van der Waals surface area (Å²) < 4.78 is 0. The van der Waals surface area contributed by atoms with Gasteiger partial charge in [0.25, 0.3) is 0 Å². The molecule has 0 aliphatic rings. The number of carbonyl (C=O) groups is 1. The van der Waals surface area contributed by atoms with E-state index < -0.39 is 0 Å². The van der Waals surface area contributed by atoms with Gasteiger partial charge in [0.15, 0.2) is 0 Å². The maximum absolute atomic E-state index is 11.8. The molecule has 1 heterocycles. The minimum absolute atomic E-state index is 0.00527. The van der Waals surface area contributed by atoms with Gasteiger partial charge in [-0.25, -0.2) is 4.98 Å². The van der Waals surface area contributed by atoms with Crippen molar-refractivity contribution in [3.05, 3.63) is 17.7 Å². The summed E-state index contributed by atoms with van der Waals surface area (Å²) in [5, 5.41) is 6.09. The summed E-state index contributed by atoms with van der Waals surface area (Å²) in [6.07, 6.45) is 1.66. The van der Waals surface area contributed by atoms with E-state index >= 15 is 0 Å². The van der Waals surface area contributed by atoms with Gasteiger partial charge in [0.05, 0.1) is 18.1 Å². The lowest BCUT2D eigenvalue weighted by Crippen LogP contribution is -2.49. The average molecular weight is 238 g/mol. The minimum atomic E-state index is -0.231. The maximum Gasteiger partial charge on any atom is 0.237 e. The van der Waals surface area contributed by atoms with Crippen molar-refractivity contribution in [1.82, 2.24) is 20.6 Å². The second-order valence-electron chi connectivity index (χ2n) is 5.32. The van der Waals surface area contributed by atoms with Crippen molar-refractivity contribution < 1.29 is 4.79 Å². The first-order valence-corrected chi connectivity index (χ1v) is 5.84. The number of H-pyrrole nitrogens is 1. The predicted molar refractivity (Wildman–Crippen MR) is 67.5 cm³/mol. The van der Waals surface area contributed by atoms with E-state index in [4.69, 9.17) is 0 Å². The third-order valence-corrected chi connectivity index (χ3v) is 2.40. The molecule has 0 aromatic carbocycles. The molecule has 17 heavy (non-hydrogen) atoms. The molecule has 0 radical (unpaired) electrons. The molecule has 5 nitrogen and oxygen atoms in total. The molecule has 1 aromatic rings. The molecular formula is C12H22N4O. The van der Waals surface area contributed by atoms with Crippen molar-refractivity contribution >= 4 is 5.91 Å². The molecule has 0 aliphatic carbocycles. The van der Waals surface area contributed by atoms with Crippen LogP contribution in [-0.4, -0.2) is 27.5 Å². The van der Waals surface area contributed by atoms with Crippen LogP contribution in [0.3, 0.4) is 0 Å². The molecule has 0 fully saturated rings. The SMILES string of the molecule is Cc1[nH]cnc1CNC(C)C(=O)NC(C)(C)C. The van der Waals surface area contributed by atoms with Crippen LogP contribution >= 0.6 is 0 Å². The normalized spacial score (nSPS) is 13.5. The van der Waals surface area contributed by atoms with E-state index in [0.29, 0.717) is 6.54 Å². The van der Waals surface area contributed by atoms with Crippen molar-refractivity contribution in [2.75, 3.05) is 0 Å². The van der Waals surface area contributed by atoms with Gasteiger partial charge >= 0.3 is 0 Å². The van der Waals surface area contributed by atoms with Crippen LogP contribution in [0.25, 0.3) is 0 Å². The fourth-order valence-corrected chi connectivity index (χ4v) is 1.39. The summed E-state index contributed by atoms with van der Waals surface area (Å²) in [6.45, 7) is 10.3. The molecule has 1 unspecified atom stereocenters. The molecule has 0 aliphatic heterocycles. The second kappa shape index (κ2) is 5.31. The molecule has 1 rings (SSSR count). The number of nitrogens with one attached hydrogen (secondary N) is 3. The molecule has 96 valence electrons. The van der Waals surface area contributed by atoms with E-state index in [1.165, 1.54) is 0 Å². The van der Waals surface area contributed by atoms with Gasteiger partial charge in [-0.2, -0.15) is 0 Å². The molecule has 1 aromatic heterocycles. The Kier molecular flexibility index (Phi) is 4.28. The van der Waals surface area contributed by atoms with Crippen molar-refractivity contribution in [3.63, 3.8) is 0 Å². The smallest absolute Gasteiger partial charge is 0.237 e. The third-order valence-electron chi connectivity index (χ3n) is 2.40. The lowest BCUT2D eigenvalue weighted by Gasteiger charge is -2.23. The number of hydrogen-bond acceptors (Lipinski definition) is 3. The van der Waals surface area contributed by atoms with Crippen LogP contribution in [0.2, 0.25) is 0 Å². The summed E-state index contributed by atoms with van der Waals surface area (Å²) in [5.41, 5.74) is 1.77. The summed E-state index contributed by atoms with van der Waals surface area (Å²) in [6, 6.07) is -0.231. The van der Waals surface area contributed by atoms with Gasteiger partial charge in [-0.1, -0.05) is 0 Å². The van der Waals surface area contributed by atoms with E-state index in [0.717, 1.165) is 11.4 Å². The monoisotopic (exact) mass is 238 g/mol. The molecule has 0 saturated heterocycles. The highest BCUT2D eigenvalue weighted by molar-refractivity contribution is 5.81. The Balaban J connectivity index is 2.42. The van der Waals surface area contributed by atoms with Crippen LogP contribution in [0.1, 0.15) is 39.1 Å². The lowest BCUT2D eigenvalue weighted by atomic mass is 10.1.